The number of nitrogens with zero attached hydrogens (tertiary/aromatic N) is 6. The molecule has 9 nitrogen and oxygen atoms in total. The monoisotopic (exact) mass is 535 g/mol. The van der Waals surface area contributed by atoms with E-state index in [0.29, 0.717) is 24.5 Å². The second kappa shape index (κ2) is 11.4. The molecule has 1 unspecified atom stereocenters. The standard InChI is InChI=1S/C31H33N7O2/c1-21-7-5-9-24-17-27(31(39)33-28(21)24)29(30-34-35-36-38(30)25-10-3-4-11-25)37(20-23-8-6-16-32-18-23)19-22-12-14-26(40-2)15-13-22/h5-9,12-18,25,29H,3-4,10-11,19-20H2,1-2H3,(H,33,39). The number of aromatic nitrogens is 6. The molecule has 1 saturated carbocycles. The predicted octanol–water partition coefficient (Wildman–Crippen LogP) is 5.13. The zero-order valence-electron chi connectivity index (χ0n) is 22.8. The number of tetrazole rings is 1. The van der Waals surface area contributed by atoms with Gasteiger partial charge >= 0.3 is 0 Å². The van der Waals surface area contributed by atoms with Gasteiger partial charge in [0, 0.05) is 31.0 Å². The Hall–Kier alpha value is -4.37. The average molecular weight is 536 g/mol. The van der Waals surface area contributed by atoms with Crippen LogP contribution >= 0.6 is 0 Å². The Morgan fingerprint density at radius 2 is 1.85 bits per heavy atom. The number of hydrogen-bond acceptors (Lipinski definition) is 7. The molecule has 6 rings (SSSR count). The summed E-state index contributed by atoms with van der Waals surface area (Å²) in [7, 11) is 1.66. The van der Waals surface area contributed by atoms with E-state index < -0.39 is 6.04 Å². The molecule has 0 aliphatic heterocycles. The Morgan fingerprint density at radius 3 is 2.60 bits per heavy atom. The summed E-state index contributed by atoms with van der Waals surface area (Å²) >= 11 is 0. The summed E-state index contributed by atoms with van der Waals surface area (Å²) in [5.41, 5.74) is 4.47. The number of ether oxygens (including phenoxy) is 1. The van der Waals surface area contributed by atoms with Gasteiger partial charge in [0.2, 0.25) is 0 Å². The van der Waals surface area contributed by atoms with E-state index in [0.717, 1.165) is 59.0 Å². The van der Waals surface area contributed by atoms with Crippen molar-refractivity contribution in [1.29, 1.82) is 0 Å². The summed E-state index contributed by atoms with van der Waals surface area (Å²) in [5, 5.41) is 14.1. The van der Waals surface area contributed by atoms with Crippen molar-refractivity contribution in [2.24, 2.45) is 0 Å². The molecule has 0 radical (unpaired) electrons. The van der Waals surface area contributed by atoms with E-state index in [1.807, 2.05) is 60.3 Å². The molecule has 0 bridgehead atoms. The van der Waals surface area contributed by atoms with Gasteiger partial charge in [-0.2, -0.15) is 0 Å². The molecule has 1 aliphatic rings. The van der Waals surface area contributed by atoms with Crippen LogP contribution in [0.4, 0.5) is 0 Å². The van der Waals surface area contributed by atoms with Gasteiger partial charge in [-0.25, -0.2) is 4.68 Å². The van der Waals surface area contributed by atoms with Crippen molar-refractivity contribution in [3.8, 4) is 5.75 Å². The molecular formula is C31H33N7O2. The Kier molecular flexibility index (Phi) is 7.37. The van der Waals surface area contributed by atoms with Gasteiger partial charge in [-0.15, -0.1) is 5.10 Å². The summed E-state index contributed by atoms with van der Waals surface area (Å²) in [6.45, 7) is 3.12. The molecule has 40 heavy (non-hydrogen) atoms. The van der Waals surface area contributed by atoms with E-state index in [4.69, 9.17) is 4.74 Å². The minimum absolute atomic E-state index is 0.140. The molecule has 0 spiro atoms. The number of benzene rings is 2. The fraction of sp³-hybridized carbons (Fsp3) is 0.323. The minimum atomic E-state index is -0.494. The predicted molar refractivity (Wildman–Crippen MR) is 153 cm³/mol. The van der Waals surface area contributed by atoms with Crippen LogP contribution in [-0.4, -0.2) is 42.2 Å². The van der Waals surface area contributed by atoms with Crippen LogP contribution in [0.25, 0.3) is 10.9 Å². The SMILES string of the molecule is COc1ccc(CN(Cc2cccnc2)C(c2cc3cccc(C)c3[nH]c2=O)c2nnnn2C2CCCC2)cc1. The fourth-order valence-corrected chi connectivity index (χ4v) is 5.82. The van der Waals surface area contributed by atoms with Crippen LogP contribution in [0, 0.1) is 6.92 Å². The van der Waals surface area contributed by atoms with E-state index in [9.17, 15) is 4.79 Å². The van der Waals surface area contributed by atoms with Crippen molar-refractivity contribution >= 4 is 10.9 Å². The van der Waals surface area contributed by atoms with Gasteiger partial charge in [0.1, 0.15) is 11.8 Å². The van der Waals surface area contributed by atoms with Crippen LogP contribution in [0.15, 0.2) is 77.9 Å². The van der Waals surface area contributed by atoms with Crippen molar-refractivity contribution in [2.45, 2.75) is 57.8 Å². The highest BCUT2D eigenvalue weighted by Gasteiger charge is 2.33. The molecule has 3 aromatic heterocycles. The van der Waals surface area contributed by atoms with E-state index in [1.54, 1.807) is 13.3 Å². The molecule has 1 aliphatic carbocycles. The molecule has 1 N–H and O–H groups in total. The molecule has 2 aromatic carbocycles. The number of hydrogen-bond donors (Lipinski definition) is 1. The van der Waals surface area contributed by atoms with Crippen molar-refractivity contribution in [2.75, 3.05) is 7.11 Å². The maximum Gasteiger partial charge on any atom is 0.253 e. The first-order valence-electron chi connectivity index (χ1n) is 13.8. The Labute approximate surface area is 232 Å². The van der Waals surface area contributed by atoms with Gasteiger partial charge in [-0.05, 0) is 76.5 Å². The molecule has 1 atom stereocenters. The third kappa shape index (κ3) is 5.24. The van der Waals surface area contributed by atoms with E-state index >= 15 is 0 Å². The topological polar surface area (TPSA) is 102 Å². The molecule has 0 saturated heterocycles. The maximum absolute atomic E-state index is 13.9. The first-order valence-corrected chi connectivity index (χ1v) is 13.8. The van der Waals surface area contributed by atoms with Crippen LogP contribution in [0.1, 0.15) is 65.8 Å². The highest BCUT2D eigenvalue weighted by molar-refractivity contribution is 5.82. The second-order valence-corrected chi connectivity index (χ2v) is 10.5. The Bertz CT molecular complexity index is 1640. The number of methoxy groups -OCH3 is 1. The zero-order chi connectivity index (χ0) is 27.5. The third-order valence-corrected chi connectivity index (χ3v) is 7.86. The second-order valence-electron chi connectivity index (χ2n) is 10.5. The van der Waals surface area contributed by atoms with Gasteiger partial charge in [-0.3, -0.25) is 14.7 Å². The van der Waals surface area contributed by atoms with Gasteiger partial charge in [0.15, 0.2) is 5.82 Å². The van der Waals surface area contributed by atoms with Crippen molar-refractivity contribution in [3.05, 3.63) is 111 Å². The molecule has 204 valence electrons. The molecule has 5 aromatic rings. The maximum atomic E-state index is 13.9. The van der Waals surface area contributed by atoms with Gasteiger partial charge in [0.05, 0.1) is 18.7 Å². The summed E-state index contributed by atoms with van der Waals surface area (Å²) in [5.74, 6) is 1.48. The third-order valence-electron chi connectivity index (χ3n) is 7.86. The van der Waals surface area contributed by atoms with Crippen molar-refractivity contribution in [1.82, 2.24) is 35.1 Å². The number of H-pyrrole nitrogens is 1. The van der Waals surface area contributed by atoms with Gasteiger partial charge < -0.3 is 9.72 Å². The van der Waals surface area contributed by atoms with Crippen LogP contribution in [0.5, 0.6) is 5.75 Å². The molecule has 0 amide bonds. The summed E-state index contributed by atoms with van der Waals surface area (Å²) in [6.07, 6.45) is 7.99. The normalized spacial score (nSPS) is 14.7. The first kappa shape index (κ1) is 25.9. The number of fused-ring (bicyclic) bond motifs is 1. The summed E-state index contributed by atoms with van der Waals surface area (Å²) in [6, 6.07) is 19.8. The highest BCUT2D eigenvalue weighted by atomic mass is 16.5. The van der Waals surface area contributed by atoms with Crippen LogP contribution in [-0.2, 0) is 13.1 Å². The number of pyridine rings is 2. The van der Waals surface area contributed by atoms with Crippen LogP contribution in [0.3, 0.4) is 0 Å². The largest absolute Gasteiger partial charge is 0.497 e. The van der Waals surface area contributed by atoms with Crippen LogP contribution in [0.2, 0.25) is 0 Å². The Balaban J connectivity index is 1.53. The number of para-hydroxylation sites is 1. The van der Waals surface area contributed by atoms with E-state index in [2.05, 4.69) is 48.6 Å². The van der Waals surface area contributed by atoms with Crippen LogP contribution < -0.4 is 10.3 Å². The summed E-state index contributed by atoms with van der Waals surface area (Å²) in [4.78, 5) is 23.6. The molecular weight excluding hydrogens is 502 g/mol. The number of rotatable bonds is 9. The number of aryl methyl sites for hydroxylation is 1. The van der Waals surface area contributed by atoms with E-state index in [1.165, 1.54) is 0 Å². The zero-order valence-corrected chi connectivity index (χ0v) is 22.8. The van der Waals surface area contributed by atoms with Crippen molar-refractivity contribution < 1.29 is 4.74 Å². The first-order chi connectivity index (χ1) is 19.6. The lowest BCUT2D eigenvalue weighted by Gasteiger charge is -2.32. The molecule has 3 heterocycles. The van der Waals surface area contributed by atoms with Crippen molar-refractivity contribution in [3.63, 3.8) is 0 Å². The molecule has 1 fully saturated rings. The smallest absolute Gasteiger partial charge is 0.253 e. The Morgan fingerprint density at radius 1 is 1.05 bits per heavy atom. The quantitative estimate of drug-likeness (QED) is 0.279. The number of nitrogens with one attached hydrogen (secondary N) is 1. The lowest BCUT2D eigenvalue weighted by Crippen LogP contribution is -2.35. The minimum Gasteiger partial charge on any atom is -0.497 e. The van der Waals surface area contributed by atoms with Gasteiger partial charge in [-0.1, -0.05) is 49.2 Å². The van der Waals surface area contributed by atoms with E-state index in [-0.39, 0.29) is 11.6 Å². The molecule has 9 heteroatoms. The fourth-order valence-electron chi connectivity index (χ4n) is 5.82. The average Bonchev–Trinajstić information content (AvgIpc) is 3.68. The lowest BCUT2D eigenvalue weighted by molar-refractivity contribution is 0.190. The lowest BCUT2D eigenvalue weighted by atomic mass is 10.0. The number of aromatic amines is 1. The van der Waals surface area contributed by atoms with Gasteiger partial charge in [0.25, 0.3) is 5.56 Å². The summed E-state index contributed by atoms with van der Waals surface area (Å²) < 4.78 is 7.35. The highest BCUT2D eigenvalue weighted by Crippen LogP contribution is 2.35.